The van der Waals surface area contributed by atoms with E-state index in [0.717, 1.165) is 0 Å². The van der Waals surface area contributed by atoms with Crippen LogP contribution in [0.25, 0.3) is 0 Å². The van der Waals surface area contributed by atoms with E-state index in [2.05, 4.69) is 0 Å². The zero-order chi connectivity index (χ0) is 7.44. The average Bonchev–Trinajstić information content (AvgIpc) is 1.63. The molecular formula is C4H5NO4. The van der Waals surface area contributed by atoms with Crippen molar-refractivity contribution in [1.82, 2.24) is 0 Å². The summed E-state index contributed by atoms with van der Waals surface area (Å²) >= 11 is 0. The van der Waals surface area contributed by atoms with Crippen molar-refractivity contribution in [3.8, 4) is 0 Å². The number of nitrogens with two attached hydrogens (primary N) is 1. The van der Waals surface area contributed by atoms with Gasteiger partial charge in [-0.25, -0.2) is 9.59 Å². The van der Waals surface area contributed by atoms with Crippen LogP contribution in [0.4, 0.5) is 0 Å². The molecule has 0 amide bonds. The normalized spacial score (nSPS) is 10.9. The first-order valence-corrected chi connectivity index (χ1v) is 1.97. The number of hydrogen-bond acceptors (Lipinski definition) is 3. The van der Waals surface area contributed by atoms with E-state index in [1.54, 1.807) is 0 Å². The molecule has 0 aliphatic heterocycles. The molecule has 50 valence electrons. The highest BCUT2D eigenvalue weighted by molar-refractivity contribution is 5.93. The van der Waals surface area contributed by atoms with Gasteiger partial charge in [0.25, 0.3) is 0 Å². The first-order valence-electron chi connectivity index (χ1n) is 1.97. The van der Waals surface area contributed by atoms with Crippen molar-refractivity contribution in [3.63, 3.8) is 0 Å². The Morgan fingerprint density at radius 1 is 1.33 bits per heavy atom. The van der Waals surface area contributed by atoms with Crippen LogP contribution in [0.15, 0.2) is 11.8 Å². The highest BCUT2D eigenvalue weighted by Gasteiger charge is 2.01. The Bertz CT molecular complexity index is 171. The third kappa shape index (κ3) is 3.10. The molecule has 0 rings (SSSR count). The summed E-state index contributed by atoms with van der Waals surface area (Å²) in [5.41, 5.74) is 4.02. The Balaban J connectivity index is 4.17. The van der Waals surface area contributed by atoms with Crippen LogP contribution in [0.2, 0.25) is 0 Å². The number of aliphatic carboxylic acids is 2. The molecule has 0 spiro atoms. The third-order valence-electron chi connectivity index (χ3n) is 0.526. The van der Waals surface area contributed by atoms with Crippen LogP contribution < -0.4 is 5.73 Å². The molecule has 4 N–H and O–H groups in total. The summed E-state index contributed by atoms with van der Waals surface area (Å²) in [6.45, 7) is 0. The Hall–Kier alpha value is -1.52. The monoisotopic (exact) mass is 131 g/mol. The van der Waals surface area contributed by atoms with Gasteiger partial charge in [0, 0.05) is 0 Å². The van der Waals surface area contributed by atoms with Gasteiger partial charge in [-0.1, -0.05) is 0 Å². The molecule has 0 aliphatic rings. The van der Waals surface area contributed by atoms with Gasteiger partial charge in [0.15, 0.2) is 0 Å². The van der Waals surface area contributed by atoms with E-state index < -0.39 is 17.6 Å². The Morgan fingerprint density at radius 3 is 1.89 bits per heavy atom. The van der Waals surface area contributed by atoms with E-state index >= 15 is 0 Å². The summed E-state index contributed by atoms with van der Waals surface area (Å²) in [5.74, 6) is -2.80. The van der Waals surface area contributed by atoms with Crippen LogP contribution in [0, 0.1) is 0 Å². The first-order chi connectivity index (χ1) is 4.04. The van der Waals surface area contributed by atoms with E-state index in [1.165, 1.54) is 0 Å². The molecule has 5 heteroatoms. The third-order valence-corrected chi connectivity index (χ3v) is 0.526. The van der Waals surface area contributed by atoms with Gasteiger partial charge in [0.1, 0.15) is 5.70 Å². The second-order valence-corrected chi connectivity index (χ2v) is 1.24. The minimum Gasteiger partial charge on any atom is -0.478 e. The van der Waals surface area contributed by atoms with Crippen LogP contribution in [0.1, 0.15) is 0 Å². The summed E-state index contributed by atoms with van der Waals surface area (Å²) in [6.07, 6.45) is 0.419. The topological polar surface area (TPSA) is 101 Å². The lowest BCUT2D eigenvalue weighted by atomic mass is 10.4. The molecule has 0 bridgehead atoms. The van der Waals surface area contributed by atoms with Crippen LogP contribution in [0.5, 0.6) is 0 Å². The van der Waals surface area contributed by atoms with Crippen molar-refractivity contribution in [1.29, 1.82) is 0 Å². The Labute approximate surface area is 50.4 Å². The van der Waals surface area contributed by atoms with Crippen LogP contribution >= 0.6 is 0 Å². The summed E-state index contributed by atoms with van der Waals surface area (Å²) in [5, 5.41) is 15.9. The van der Waals surface area contributed by atoms with Crippen LogP contribution in [0.3, 0.4) is 0 Å². The molecule has 0 aromatic heterocycles. The van der Waals surface area contributed by atoms with Crippen molar-refractivity contribution < 1.29 is 19.8 Å². The summed E-state index contributed by atoms with van der Waals surface area (Å²) in [4.78, 5) is 19.5. The van der Waals surface area contributed by atoms with E-state index in [4.69, 9.17) is 15.9 Å². The van der Waals surface area contributed by atoms with Gasteiger partial charge in [-0.05, 0) is 0 Å². The number of hydrogen-bond donors (Lipinski definition) is 3. The molecule has 0 aliphatic carbocycles. The minimum atomic E-state index is -1.43. The molecule has 5 nitrogen and oxygen atoms in total. The van der Waals surface area contributed by atoms with Gasteiger partial charge in [0.05, 0.1) is 6.08 Å². The second-order valence-electron chi connectivity index (χ2n) is 1.24. The molecule has 0 aromatic rings. The molecule has 0 unspecified atom stereocenters. The summed E-state index contributed by atoms with van der Waals surface area (Å²) in [7, 11) is 0. The minimum absolute atomic E-state index is 0.419. The van der Waals surface area contributed by atoms with Gasteiger partial charge < -0.3 is 15.9 Å². The quantitative estimate of drug-likeness (QED) is 0.417. The molecule has 0 fully saturated rings. The van der Waals surface area contributed by atoms with E-state index in [1.807, 2.05) is 0 Å². The molecule has 0 saturated carbocycles. The SMILES string of the molecule is N/C(=C\C(=O)O)C(=O)O. The van der Waals surface area contributed by atoms with Crippen LogP contribution in [-0.4, -0.2) is 22.2 Å². The molecule has 0 heterocycles. The average molecular weight is 131 g/mol. The predicted molar refractivity (Wildman–Crippen MR) is 27.5 cm³/mol. The van der Waals surface area contributed by atoms with E-state index in [9.17, 15) is 9.59 Å². The van der Waals surface area contributed by atoms with Gasteiger partial charge in [-0.2, -0.15) is 0 Å². The smallest absolute Gasteiger partial charge is 0.352 e. The van der Waals surface area contributed by atoms with Crippen molar-refractivity contribution >= 4 is 11.9 Å². The fourth-order valence-electron chi connectivity index (χ4n) is 0.195. The number of carboxylic acids is 2. The maximum atomic E-state index is 9.78. The number of rotatable bonds is 2. The summed E-state index contributed by atoms with van der Waals surface area (Å²) < 4.78 is 0. The first kappa shape index (κ1) is 7.48. The largest absolute Gasteiger partial charge is 0.478 e. The molecule has 9 heavy (non-hydrogen) atoms. The van der Waals surface area contributed by atoms with E-state index in [0.29, 0.717) is 6.08 Å². The zero-order valence-corrected chi connectivity index (χ0v) is 4.37. The van der Waals surface area contributed by atoms with Gasteiger partial charge in [0.2, 0.25) is 0 Å². The van der Waals surface area contributed by atoms with Crippen molar-refractivity contribution in [3.05, 3.63) is 11.8 Å². The molecular weight excluding hydrogens is 126 g/mol. The van der Waals surface area contributed by atoms with Crippen molar-refractivity contribution in [2.45, 2.75) is 0 Å². The highest BCUT2D eigenvalue weighted by Crippen LogP contribution is 1.81. The lowest BCUT2D eigenvalue weighted by molar-refractivity contribution is -0.135. The maximum Gasteiger partial charge on any atom is 0.352 e. The van der Waals surface area contributed by atoms with Gasteiger partial charge in [-0.15, -0.1) is 0 Å². The number of carbonyl (C=O) groups is 2. The fraction of sp³-hybridized carbons (Fsp3) is 0. The second kappa shape index (κ2) is 2.71. The van der Waals surface area contributed by atoms with Gasteiger partial charge in [-0.3, -0.25) is 0 Å². The van der Waals surface area contributed by atoms with E-state index in [-0.39, 0.29) is 0 Å². The van der Waals surface area contributed by atoms with Crippen molar-refractivity contribution in [2.24, 2.45) is 5.73 Å². The molecule has 0 atom stereocenters. The Kier molecular flexibility index (Phi) is 2.25. The molecule has 0 aromatic carbocycles. The predicted octanol–water partition coefficient (Wildman–Crippen LogP) is -1.00. The fourth-order valence-corrected chi connectivity index (χ4v) is 0.195. The standard InChI is InChI=1S/C4H5NO4/c5-2(4(8)9)1-3(6)7/h1H,5H2,(H,6,7)(H,8,9)/b2-1-. The molecule has 0 radical (unpaired) electrons. The molecule has 0 saturated heterocycles. The number of carboxylic acid groups (broad SMARTS) is 2. The van der Waals surface area contributed by atoms with Gasteiger partial charge >= 0.3 is 11.9 Å². The van der Waals surface area contributed by atoms with Crippen LogP contribution in [-0.2, 0) is 9.59 Å². The summed E-state index contributed by atoms with van der Waals surface area (Å²) in [6, 6.07) is 0. The highest BCUT2D eigenvalue weighted by atomic mass is 16.4. The zero-order valence-electron chi connectivity index (χ0n) is 4.37. The lowest BCUT2D eigenvalue weighted by Gasteiger charge is -1.86. The van der Waals surface area contributed by atoms with Crippen molar-refractivity contribution in [2.75, 3.05) is 0 Å². The Morgan fingerprint density at radius 2 is 1.78 bits per heavy atom. The maximum absolute atomic E-state index is 9.78. The lowest BCUT2D eigenvalue weighted by Crippen LogP contribution is -2.11.